The Morgan fingerprint density at radius 3 is 2.47 bits per heavy atom. The van der Waals surface area contributed by atoms with Gasteiger partial charge in [0, 0.05) is 18.8 Å². The first kappa shape index (κ1) is 20.8. The summed E-state index contributed by atoms with van der Waals surface area (Å²) in [5.41, 5.74) is 0.329. The molecule has 0 atom stereocenters. The van der Waals surface area contributed by atoms with Gasteiger partial charge in [-0.05, 0) is 37.6 Å². The van der Waals surface area contributed by atoms with Gasteiger partial charge in [0.25, 0.3) is 11.5 Å². The summed E-state index contributed by atoms with van der Waals surface area (Å²) in [7, 11) is 1.42. The number of nitrogens with one attached hydrogen (secondary N) is 1. The molecule has 9 heteroatoms. The van der Waals surface area contributed by atoms with Crippen LogP contribution in [0.4, 0.5) is 0 Å². The van der Waals surface area contributed by atoms with Gasteiger partial charge in [-0.25, -0.2) is 4.98 Å². The van der Waals surface area contributed by atoms with Crippen molar-refractivity contribution in [2.24, 2.45) is 7.05 Å². The van der Waals surface area contributed by atoms with E-state index in [0.717, 1.165) is 10.1 Å². The van der Waals surface area contributed by atoms with E-state index in [9.17, 15) is 19.5 Å². The van der Waals surface area contributed by atoms with E-state index in [1.54, 1.807) is 12.3 Å². The van der Waals surface area contributed by atoms with Crippen molar-refractivity contribution in [3.8, 4) is 22.6 Å². The molecule has 0 saturated heterocycles. The number of carboxylic acid groups (broad SMARTS) is 1. The lowest BCUT2D eigenvalue weighted by Crippen LogP contribution is -2.35. The van der Waals surface area contributed by atoms with Crippen molar-refractivity contribution in [3.05, 3.63) is 52.4 Å². The van der Waals surface area contributed by atoms with E-state index in [1.165, 1.54) is 7.05 Å². The number of hydrogen-bond acceptors (Lipinski definition) is 6. The molecule has 2 aromatic heterocycles. The molecule has 1 amide bonds. The van der Waals surface area contributed by atoms with Gasteiger partial charge in [-0.1, -0.05) is 12.1 Å². The van der Waals surface area contributed by atoms with E-state index in [4.69, 9.17) is 9.84 Å². The fourth-order valence-electron chi connectivity index (χ4n) is 3.00. The lowest BCUT2D eigenvalue weighted by Gasteiger charge is -2.13. The summed E-state index contributed by atoms with van der Waals surface area (Å²) in [6.45, 7) is 3.18. The monoisotopic (exact) mass is 411 g/mol. The van der Waals surface area contributed by atoms with Crippen LogP contribution in [0.3, 0.4) is 0 Å². The lowest BCUT2D eigenvalue weighted by atomic mass is 10.0. The number of carboxylic acids is 1. The Morgan fingerprint density at radius 2 is 1.87 bits per heavy atom. The van der Waals surface area contributed by atoms with E-state index in [-0.39, 0.29) is 17.1 Å². The van der Waals surface area contributed by atoms with Crippen molar-refractivity contribution >= 4 is 22.9 Å². The fraction of sp³-hybridized carbons (Fsp3) is 0.238. The van der Waals surface area contributed by atoms with E-state index in [2.05, 4.69) is 10.3 Å². The smallest absolute Gasteiger partial charge is 0.322 e. The maximum absolute atomic E-state index is 12.5. The molecule has 0 aliphatic rings. The van der Waals surface area contributed by atoms with Gasteiger partial charge in [-0.3, -0.25) is 19.0 Å². The van der Waals surface area contributed by atoms with Crippen LogP contribution in [0.15, 0.2) is 41.3 Å². The van der Waals surface area contributed by atoms with Crippen LogP contribution in [0.2, 0.25) is 0 Å². The summed E-state index contributed by atoms with van der Waals surface area (Å²) in [6.07, 6.45) is 1.60. The minimum atomic E-state index is -1.27. The average Bonchev–Trinajstić information content (AvgIpc) is 2.70. The van der Waals surface area contributed by atoms with E-state index < -0.39 is 35.3 Å². The number of benzene rings is 1. The normalized spacial score (nSPS) is 10.9. The summed E-state index contributed by atoms with van der Waals surface area (Å²) in [5.74, 6) is -2.08. The number of aromatic nitrogens is 2. The molecule has 2 heterocycles. The molecular weight excluding hydrogens is 390 g/mol. The molecule has 0 spiro atoms. The van der Waals surface area contributed by atoms with Gasteiger partial charge in [0.2, 0.25) is 0 Å². The number of fused-ring (bicyclic) bond motifs is 1. The number of aromatic hydroxyl groups is 1. The van der Waals surface area contributed by atoms with Crippen molar-refractivity contribution in [2.45, 2.75) is 20.0 Å². The zero-order chi connectivity index (χ0) is 22.0. The third kappa shape index (κ3) is 4.09. The van der Waals surface area contributed by atoms with Gasteiger partial charge in [0.05, 0.1) is 11.5 Å². The molecule has 0 aliphatic carbocycles. The molecule has 0 bridgehead atoms. The predicted molar refractivity (Wildman–Crippen MR) is 110 cm³/mol. The van der Waals surface area contributed by atoms with Crippen molar-refractivity contribution in [1.29, 1.82) is 0 Å². The predicted octanol–water partition coefficient (Wildman–Crippen LogP) is 1.91. The number of amides is 1. The van der Waals surface area contributed by atoms with Crippen LogP contribution in [-0.4, -0.2) is 44.3 Å². The second kappa shape index (κ2) is 8.24. The summed E-state index contributed by atoms with van der Waals surface area (Å²) in [5, 5.41) is 21.6. The van der Waals surface area contributed by atoms with Crippen LogP contribution in [0.5, 0.6) is 11.5 Å². The molecule has 0 fully saturated rings. The van der Waals surface area contributed by atoms with Crippen LogP contribution in [-0.2, 0) is 11.8 Å². The SMILES string of the molecule is CC(C)Oc1ccc(-c2cnc3c(c2)c(O)c(C(=O)NCC(=O)O)c(=O)n3C)cc1. The van der Waals surface area contributed by atoms with Gasteiger partial charge in [0.15, 0.2) is 0 Å². The first-order valence-electron chi connectivity index (χ1n) is 9.17. The van der Waals surface area contributed by atoms with Crippen LogP contribution < -0.4 is 15.6 Å². The number of aliphatic carboxylic acids is 1. The Bertz CT molecular complexity index is 1180. The number of aryl methyl sites for hydroxylation is 1. The van der Waals surface area contributed by atoms with Gasteiger partial charge in [-0.15, -0.1) is 0 Å². The highest BCUT2D eigenvalue weighted by atomic mass is 16.5. The topological polar surface area (TPSA) is 131 Å². The summed E-state index contributed by atoms with van der Waals surface area (Å²) in [6, 6.07) is 8.90. The van der Waals surface area contributed by atoms with Crippen molar-refractivity contribution in [1.82, 2.24) is 14.9 Å². The van der Waals surface area contributed by atoms with Gasteiger partial charge in [0.1, 0.15) is 29.3 Å². The Labute approximate surface area is 171 Å². The first-order valence-corrected chi connectivity index (χ1v) is 9.17. The second-order valence-electron chi connectivity index (χ2n) is 6.95. The summed E-state index contributed by atoms with van der Waals surface area (Å²) in [4.78, 5) is 39.8. The molecular formula is C21H21N3O6. The highest BCUT2D eigenvalue weighted by molar-refractivity contribution is 6.03. The molecule has 156 valence electrons. The van der Waals surface area contributed by atoms with Crippen LogP contribution in [0, 0.1) is 0 Å². The Balaban J connectivity index is 2.08. The minimum Gasteiger partial charge on any atom is -0.506 e. The molecule has 30 heavy (non-hydrogen) atoms. The quantitative estimate of drug-likeness (QED) is 0.565. The average molecular weight is 411 g/mol. The van der Waals surface area contributed by atoms with Crippen molar-refractivity contribution < 1.29 is 24.5 Å². The van der Waals surface area contributed by atoms with E-state index >= 15 is 0 Å². The molecule has 0 radical (unpaired) electrons. The maximum atomic E-state index is 12.5. The molecule has 0 unspecified atom stereocenters. The molecule has 3 N–H and O–H groups in total. The number of carbonyl (C=O) groups excluding carboxylic acids is 1. The van der Waals surface area contributed by atoms with Crippen molar-refractivity contribution in [3.63, 3.8) is 0 Å². The van der Waals surface area contributed by atoms with E-state index in [0.29, 0.717) is 11.3 Å². The molecule has 9 nitrogen and oxygen atoms in total. The van der Waals surface area contributed by atoms with Gasteiger partial charge in [-0.2, -0.15) is 0 Å². The molecule has 3 aromatic rings. The van der Waals surface area contributed by atoms with Crippen LogP contribution in [0.1, 0.15) is 24.2 Å². The lowest BCUT2D eigenvalue weighted by molar-refractivity contribution is -0.135. The second-order valence-corrected chi connectivity index (χ2v) is 6.95. The number of carbonyl (C=O) groups is 2. The Morgan fingerprint density at radius 1 is 1.20 bits per heavy atom. The molecule has 0 aliphatic heterocycles. The Hall–Kier alpha value is -3.88. The maximum Gasteiger partial charge on any atom is 0.322 e. The number of nitrogens with zero attached hydrogens (tertiary/aromatic N) is 2. The number of pyridine rings is 2. The Kier molecular flexibility index (Phi) is 5.72. The zero-order valence-corrected chi connectivity index (χ0v) is 16.7. The molecule has 3 rings (SSSR count). The molecule has 1 aromatic carbocycles. The highest BCUT2D eigenvalue weighted by Crippen LogP contribution is 2.30. The highest BCUT2D eigenvalue weighted by Gasteiger charge is 2.22. The largest absolute Gasteiger partial charge is 0.506 e. The van der Waals surface area contributed by atoms with E-state index in [1.807, 2.05) is 38.1 Å². The third-order valence-electron chi connectivity index (χ3n) is 4.38. The third-order valence-corrected chi connectivity index (χ3v) is 4.38. The standard InChI is InChI=1S/C21H21N3O6/c1-11(2)30-14-6-4-12(5-7-14)13-8-15-18(27)17(20(28)23-10-16(25)26)21(29)24(3)19(15)22-9-13/h4-9,11,27H,10H2,1-3H3,(H,23,28)(H,25,26). The first-order chi connectivity index (χ1) is 14.2. The summed E-state index contributed by atoms with van der Waals surface area (Å²) < 4.78 is 6.76. The number of rotatable bonds is 6. The molecule has 0 saturated carbocycles. The fourth-order valence-corrected chi connectivity index (χ4v) is 3.00. The number of hydrogen-bond donors (Lipinski definition) is 3. The minimum absolute atomic E-state index is 0.0436. The van der Waals surface area contributed by atoms with Gasteiger partial charge < -0.3 is 20.3 Å². The summed E-state index contributed by atoms with van der Waals surface area (Å²) >= 11 is 0. The van der Waals surface area contributed by atoms with Crippen LogP contribution >= 0.6 is 0 Å². The van der Waals surface area contributed by atoms with Gasteiger partial charge >= 0.3 is 5.97 Å². The number of ether oxygens (including phenoxy) is 1. The zero-order valence-electron chi connectivity index (χ0n) is 16.7. The van der Waals surface area contributed by atoms with Crippen molar-refractivity contribution in [2.75, 3.05) is 6.54 Å². The van der Waals surface area contributed by atoms with Crippen LogP contribution in [0.25, 0.3) is 22.2 Å².